The first kappa shape index (κ1) is 25.7. The van der Waals surface area contributed by atoms with Crippen molar-refractivity contribution in [3.8, 4) is 0 Å². The molecule has 0 radical (unpaired) electrons. The van der Waals surface area contributed by atoms with Crippen LogP contribution in [0.3, 0.4) is 0 Å². The molecule has 1 heterocycles. The normalized spacial score (nSPS) is 22.1. The van der Waals surface area contributed by atoms with Gasteiger partial charge in [0.1, 0.15) is 6.20 Å². The molecule has 4 heteroatoms. The van der Waals surface area contributed by atoms with Crippen LogP contribution in [0.15, 0.2) is 24.6 Å². The SMILES string of the molecule is CCCCCCCCCC/C=C/CCCCC1NC=C[N+]1(CC)C(C)NC(C)=O. The number of hydrogen-bond acceptors (Lipinski definition) is 2. The zero-order chi connectivity index (χ0) is 21.4. The molecule has 1 aliphatic rings. The van der Waals surface area contributed by atoms with Crippen LogP contribution in [0.25, 0.3) is 0 Å². The third-order valence-electron chi connectivity index (χ3n) is 6.39. The van der Waals surface area contributed by atoms with Crippen molar-refractivity contribution < 1.29 is 9.28 Å². The van der Waals surface area contributed by atoms with Crippen LogP contribution < -0.4 is 10.6 Å². The van der Waals surface area contributed by atoms with Crippen LogP contribution in [0, 0.1) is 0 Å². The van der Waals surface area contributed by atoms with Gasteiger partial charge in [-0.15, -0.1) is 0 Å². The van der Waals surface area contributed by atoms with E-state index in [1.807, 2.05) is 0 Å². The highest BCUT2D eigenvalue weighted by Crippen LogP contribution is 2.25. The summed E-state index contributed by atoms with van der Waals surface area (Å²) < 4.78 is 0.799. The van der Waals surface area contributed by atoms with Crippen LogP contribution in [0.4, 0.5) is 0 Å². The third kappa shape index (κ3) is 9.84. The van der Waals surface area contributed by atoms with Gasteiger partial charge in [-0.05, 0) is 39.0 Å². The van der Waals surface area contributed by atoms with Crippen molar-refractivity contribution in [1.29, 1.82) is 0 Å². The van der Waals surface area contributed by atoms with Crippen LogP contribution >= 0.6 is 0 Å². The van der Waals surface area contributed by atoms with Gasteiger partial charge < -0.3 is 10.6 Å². The standard InChI is InChI=1S/C25H47N3O/c1-5-7-8-9-10-11-12-13-14-15-16-17-18-19-20-25-26-21-22-28(25,6-2)23(3)27-24(4)29/h15-16,21-23,25-26H,5-14,17-20H2,1-4H3/p+1/b16-15+. The maximum Gasteiger partial charge on any atom is 0.221 e. The minimum Gasteiger partial charge on any atom is -0.338 e. The molecule has 0 saturated heterocycles. The molecule has 3 atom stereocenters. The number of unbranched alkanes of at least 4 members (excludes halogenated alkanes) is 10. The summed E-state index contributed by atoms with van der Waals surface area (Å²) in [6.45, 7) is 9.18. The van der Waals surface area contributed by atoms with E-state index in [1.165, 1.54) is 77.0 Å². The number of carbonyl (C=O) groups excluding carboxylic acids is 1. The van der Waals surface area contributed by atoms with Crippen molar-refractivity contribution >= 4 is 5.91 Å². The van der Waals surface area contributed by atoms with E-state index in [0.29, 0.717) is 6.17 Å². The zero-order valence-corrected chi connectivity index (χ0v) is 19.7. The molecule has 0 aromatic heterocycles. The molecule has 168 valence electrons. The quantitative estimate of drug-likeness (QED) is 0.168. The van der Waals surface area contributed by atoms with E-state index in [4.69, 9.17) is 0 Å². The Morgan fingerprint density at radius 3 is 2.17 bits per heavy atom. The molecule has 1 aliphatic heterocycles. The minimum atomic E-state index is 0.0455. The highest BCUT2D eigenvalue weighted by atomic mass is 16.1. The Bertz CT molecular complexity index is 488. The molecule has 0 aromatic rings. The molecule has 0 aromatic carbocycles. The average molecular weight is 407 g/mol. The van der Waals surface area contributed by atoms with Crippen molar-refractivity contribution in [3.05, 3.63) is 24.6 Å². The van der Waals surface area contributed by atoms with Crippen molar-refractivity contribution in [2.45, 2.75) is 123 Å². The largest absolute Gasteiger partial charge is 0.338 e. The first-order valence-corrected chi connectivity index (χ1v) is 12.3. The van der Waals surface area contributed by atoms with Crippen molar-refractivity contribution in [3.63, 3.8) is 0 Å². The first-order chi connectivity index (χ1) is 14.1. The minimum absolute atomic E-state index is 0.0455. The third-order valence-corrected chi connectivity index (χ3v) is 6.39. The number of carbonyl (C=O) groups is 1. The van der Waals surface area contributed by atoms with Crippen LogP contribution in [0.5, 0.6) is 0 Å². The van der Waals surface area contributed by atoms with Gasteiger partial charge in [0.25, 0.3) is 0 Å². The van der Waals surface area contributed by atoms with Crippen molar-refractivity contribution in [2.75, 3.05) is 6.54 Å². The molecule has 0 fully saturated rings. The highest BCUT2D eigenvalue weighted by Gasteiger charge is 2.41. The van der Waals surface area contributed by atoms with E-state index >= 15 is 0 Å². The second-order valence-electron chi connectivity index (χ2n) is 8.71. The summed E-state index contributed by atoms with van der Waals surface area (Å²) >= 11 is 0. The zero-order valence-electron chi connectivity index (χ0n) is 19.7. The number of nitrogens with zero attached hydrogens (tertiary/aromatic N) is 1. The smallest absolute Gasteiger partial charge is 0.221 e. The molecule has 0 saturated carbocycles. The van der Waals surface area contributed by atoms with Gasteiger partial charge in [-0.25, -0.2) is 0 Å². The summed E-state index contributed by atoms with van der Waals surface area (Å²) in [7, 11) is 0. The van der Waals surface area contributed by atoms with E-state index < -0.39 is 0 Å². The molecular formula is C25H48N3O+. The summed E-state index contributed by atoms with van der Waals surface area (Å²) in [5.74, 6) is 0.0455. The lowest BCUT2D eigenvalue weighted by atomic mass is 10.1. The lowest BCUT2D eigenvalue weighted by Gasteiger charge is -2.41. The predicted octanol–water partition coefficient (Wildman–Crippen LogP) is 6.35. The summed E-state index contributed by atoms with van der Waals surface area (Å²) in [5.41, 5.74) is 0. The Balaban J connectivity index is 2.11. The molecule has 0 aliphatic carbocycles. The second kappa shape index (κ2) is 15.5. The van der Waals surface area contributed by atoms with Crippen molar-refractivity contribution in [2.24, 2.45) is 0 Å². The van der Waals surface area contributed by atoms with Gasteiger partial charge in [0.2, 0.25) is 5.91 Å². The lowest BCUT2D eigenvalue weighted by Crippen LogP contribution is -2.62. The van der Waals surface area contributed by atoms with Crippen molar-refractivity contribution in [1.82, 2.24) is 10.6 Å². The topological polar surface area (TPSA) is 41.1 Å². The fraction of sp³-hybridized carbons (Fsp3) is 0.800. The summed E-state index contributed by atoms with van der Waals surface area (Å²) in [5, 5.41) is 6.61. The molecule has 0 bridgehead atoms. The number of quaternary nitrogens is 1. The van der Waals surface area contributed by atoms with Gasteiger partial charge >= 0.3 is 0 Å². The molecular weight excluding hydrogens is 358 g/mol. The Morgan fingerprint density at radius 2 is 1.59 bits per heavy atom. The molecule has 1 rings (SSSR count). The maximum absolute atomic E-state index is 11.5. The Kier molecular flexibility index (Phi) is 13.8. The average Bonchev–Trinajstić information content (AvgIpc) is 3.12. The molecule has 3 unspecified atom stereocenters. The molecule has 1 amide bonds. The lowest BCUT2D eigenvalue weighted by molar-refractivity contribution is -0.923. The van der Waals surface area contributed by atoms with E-state index in [0.717, 1.165) is 17.4 Å². The maximum atomic E-state index is 11.5. The molecule has 29 heavy (non-hydrogen) atoms. The van der Waals surface area contributed by atoms with Gasteiger partial charge in [0, 0.05) is 20.3 Å². The number of nitrogens with one attached hydrogen (secondary N) is 2. The molecule has 0 spiro atoms. The van der Waals surface area contributed by atoms with Gasteiger partial charge in [0.05, 0.1) is 12.7 Å². The summed E-state index contributed by atoms with van der Waals surface area (Å²) in [6.07, 6.45) is 26.7. The second-order valence-corrected chi connectivity index (χ2v) is 8.71. The number of hydrogen-bond donors (Lipinski definition) is 2. The number of allylic oxidation sites excluding steroid dienone is 2. The Morgan fingerprint density at radius 1 is 1.00 bits per heavy atom. The predicted molar refractivity (Wildman–Crippen MR) is 125 cm³/mol. The van der Waals surface area contributed by atoms with E-state index in [2.05, 4.69) is 56.0 Å². The molecule has 4 nitrogen and oxygen atoms in total. The fourth-order valence-corrected chi connectivity index (χ4v) is 4.50. The van der Waals surface area contributed by atoms with Crippen LogP contribution in [-0.4, -0.2) is 29.3 Å². The number of rotatable bonds is 17. The Labute approximate surface area is 180 Å². The van der Waals surface area contributed by atoms with Gasteiger partial charge in [0.15, 0.2) is 12.3 Å². The van der Waals surface area contributed by atoms with Crippen LogP contribution in [0.1, 0.15) is 111 Å². The van der Waals surface area contributed by atoms with E-state index in [1.54, 1.807) is 6.92 Å². The monoisotopic (exact) mass is 406 g/mol. The van der Waals surface area contributed by atoms with E-state index in [9.17, 15) is 4.79 Å². The van der Waals surface area contributed by atoms with E-state index in [-0.39, 0.29) is 12.1 Å². The fourth-order valence-electron chi connectivity index (χ4n) is 4.50. The van der Waals surface area contributed by atoms with Crippen LogP contribution in [-0.2, 0) is 4.79 Å². The summed E-state index contributed by atoms with van der Waals surface area (Å²) in [4.78, 5) is 11.5. The number of amides is 1. The Hall–Kier alpha value is -1.29. The van der Waals surface area contributed by atoms with Gasteiger partial charge in [-0.3, -0.25) is 9.28 Å². The van der Waals surface area contributed by atoms with Crippen LogP contribution in [0.2, 0.25) is 0 Å². The molecule has 2 N–H and O–H groups in total. The first-order valence-electron chi connectivity index (χ1n) is 12.3. The highest BCUT2D eigenvalue weighted by molar-refractivity contribution is 5.72. The van der Waals surface area contributed by atoms with Gasteiger partial charge in [-0.1, -0.05) is 64.0 Å². The van der Waals surface area contributed by atoms with Gasteiger partial charge in [-0.2, -0.15) is 0 Å². The summed E-state index contributed by atoms with van der Waals surface area (Å²) in [6, 6.07) is 0.